The van der Waals surface area contributed by atoms with Gasteiger partial charge in [-0.05, 0) is 253 Å². The SMILES string of the molecule is C[Si](C)(C)c1cccc(N(c2ccccc2)c2ccc3ccc4c(N(c5ccccc5)c5ccc(C#N)cc5)ccc5ccc2c3c54)c1.[C-]#[N+]c1ccc(N(c2cccc([Si](C)(C)C)c2)c2ccc3ccc4c(N(c5ccccc5)c5ccccc5)ccc5ccc2c3c54)cc1.[C-]#[N+]c1ccccc1N(c1ccccc1C#N)c1ccc2ccc3c(N(c4ccc([Si](C)(C)C)cc4)c4ccccc4C#N)ccc4ccc1c2c43. The van der Waals surface area contributed by atoms with E-state index in [9.17, 15) is 15.8 Å². The summed E-state index contributed by atoms with van der Waals surface area (Å²) in [5.41, 5.74) is 21.3. The van der Waals surface area contributed by atoms with Crippen LogP contribution in [0.2, 0.25) is 58.9 Å². The van der Waals surface area contributed by atoms with Crippen molar-refractivity contribution in [3.63, 3.8) is 0 Å². The second kappa shape index (κ2) is 39.2. The molecule has 0 saturated carbocycles. The van der Waals surface area contributed by atoms with Crippen LogP contribution < -0.4 is 45.0 Å². The van der Waals surface area contributed by atoms with Crippen molar-refractivity contribution >= 4 is 250 Å². The van der Waals surface area contributed by atoms with E-state index in [1.165, 1.54) is 85.9 Å². The van der Waals surface area contributed by atoms with Crippen LogP contribution in [0.1, 0.15) is 16.7 Å². The third-order valence-corrected chi connectivity index (χ3v) is 34.7. The van der Waals surface area contributed by atoms with Gasteiger partial charge in [0.15, 0.2) is 5.69 Å². The number of benzene rings is 24. The van der Waals surface area contributed by atoms with Crippen molar-refractivity contribution in [1.29, 1.82) is 15.8 Å². The predicted octanol–water partition coefficient (Wildman–Crippen LogP) is 36.9. The van der Waals surface area contributed by atoms with Crippen molar-refractivity contribution in [3.05, 3.63) is 501 Å². The molecule has 0 N–H and O–H groups in total. The Morgan fingerprint density at radius 3 is 0.770 bits per heavy atom. The molecule has 148 heavy (non-hydrogen) atoms. The van der Waals surface area contributed by atoms with Crippen LogP contribution in [0.4, 0.5) is 114 Å². The fraction of sp³-hybridized carbons (Fsp3) is 0.0672. The molecule has 0 heterocycles. The molecule has 14 heteroatoms. The average Bonchev–Trinajstić information content (AvgIpc) is 0.725. The fourth-order valence-electron chi connectivity index (χ4n) is 21.3. The van der Waals surface area contributed by atoms with Gasteiger partial charge in [-0.2, -0.15) is 15.8 Å². The molecular formula is C134H103N11Si3. The second-order valence-corrected chi connectivity index (χ2v) is 55.9. The van der Waals surface area contributed by atoms with Gasteiger partial charge in [0.05, 0.1) is 111 Å². The molecule has 0 atom stereocenters. The van der Waals surface area contributed by atoms with Crippen LogP contribution in [0.15, 0.2) is 461 Å². The van der Waals surface area contributed by atoms with Crippen LogP contribution in [0.3, 0.4) is 0 Å². The normalized spacial score (nSPS) is 11.5. The summed E-state index contributed by atoms with van der Waals surface area (Å²) in [4.78, 5) is 21.3. The van der Waals surface area contributed by atoms with Gasteiger partial charge in [0.2, 0.25) is 5.69 Å². The highest BCUT2D eigenvalue weighted by molar-refractivity contribution is 6.89. The van der Waals surface area contributed by atoms with Gasteiger partial charge in [-0.3, -0.25) is 0 Å². The average molecular weight is 1950 g/mol. The van der Waals surface area contributed by atoms with Gasteiger partial charge < -0.3 is 29.4 Å². The van der Waals surface area contributed by atoms with E-state index < -0.39 is 24.2 Å². The Balaban J connectivity index is 0.000000126. The second-order valence-electron chi connectivity index (χ2n) is 40.7. The summed E-state index contributed by atoms with van der Waals surface area (Å²) in [7, 11) is -4.66. The molecule has 24 rings (SSSR count). The van der Waals surface area contributed by atoms with Gasteiger partial charge in [0, 0.05) is 83.5 Å². The minimum Gasteiger partial charge on any atom is -0.318 e. The molecule has 0 unspecified atom stereocenters. The summed E-state index contributed by atoms with van der Waals surface area (Å²) in [6.07, 6.45) is 0. The van der Waals surface area contributed by atoms with Crippen LogP contribution in [-0.2, 0) is 0 Å². The highest BCUT2D eigenvalue weighted by Crippen LogP contribution is 2.55. The van der Waals surface area contributed by atoms with Gasteiger partial charge in [0.1, 0.15) is 12.1 Å². The number of nitrogens with zero attached hydrogens (tertiary/aromatic N) is 11. The molecule has 0 aliphatic carbocycles. The zero-order chi connectivity index (χ0) is 102. The van der Waals surface area contributed by atoms with Crippen LogP contribution in [0.25, 0.3) is 107 Å². The molecule has 0 fully saturated rings. The summed E-state index contributed by atoms with van der Waals surface area (Å²) < 4.78 is 0. The highest BCUT2D eigenvalue weighted by Gasteiger charge is 2.31. The summed E-state index contributed by atoms with van der Waals surface area (Å²) in [6.45, 7) is 37.0. The van der Waals surface area contributed by atoms with E-state index in [4.69, 9.17) is 13.1 Å². The Labute approximate surface area is 867 Å². The molecule has 0 aromatic heterocycles. The van der Waals surface area contributed by atoms with E-state index >= 15 is 0 Å². The fourth-order valence-corrected chi connectivity index (χ4v) is 24.8. The number of rotatable bonds is 21. The van der Waals surface area contributed by atoms with E-state index in [0.717, 1.165) is 118 Å². The molecule has 24 aromatic carbocycles. The lowest BCUT2D eigenvalue weighted by atomic mass is 9.91. The van der Waals surface area contributed by atoms with Crippen molar-refractivity contribution < 1.29 is 0 Å². The zero-order valence-electron chi connectivity index (χ0n) is 83.8. The molecular weight excluding hydrogens is 1850 g/mol. The molecule has 0 radical (unpaired) electrons. The van der Waals surface area contributed by atoms with Crippen LogP contribution in [-0.4, -0.2) is 24.2 Å². The first-order valence-electron chi connectivity index (χ1n) is 50.0. The molecule has 0 aliphatic heterocycles. The predicted molar refractivity (Wildman–Crippen MR) is 634 cm³/mol. The summed E-state index contributed by atoms with van der Waals surface area (Å²) in [5, 5.41) is 55.4. The Morgan fingerprint density at radius 1 is 0.196 bits per heavy atom. The summed E-state index contributed by atoms with van der Waals surface area (Å²) in [6, 6.07) is 169. The van der Waals surface area contributed by atoms with Crippen molar-refractivity contribution in [2.75, 3.05) is 29.4 Å². The van der Waals surface area contributed by atoms with E-state index in [2.05, 4.69) is 457 Å². The van der Waals surface area contributed by atoms with Gasteiger partial charge >= 0.3 is 0 Å². The Kier molecular flexibility index (Phi) is 25.0. The molecule has 0 bridgehead atoms. The lowest BCUT2D eigenvalue weighted by Gasteiger charge is -2.30. The molecule has 24 aromatic rings. The number of nitriles is 3. The molecule has 0 aliphatic rings. The number of hydrogen-bond acceptors (Lipinski definition) is 9. The first-order chi connectivity index (χ1) is 72.1. The summed E-state index contributed by atoms with van der Waals surface area (Å²) in [5.74, 6) is 0. The minimum absolute atomic E-state index is 0.496. The maximum absolute atomic E-state index is 10.3. The third-order valence-electron chi connectivity index (χ3n) is 28.6. The standard InChI is InChI=1S/C46H33N5Si.2C44H35N3Si/c1-49-39-13-7-10-16-44(39)51(41-15-9-6-12-34(41)30-48)43-28-20-32-17-25-37-42(27-19-31-18-26-38(43)46(32)45(31)37)50(40-14-8-5-11-33(40)29-47)35-21-23-36(24-22-35)52(2,3)4;1-45-33-22-24-36(25-23-33)47(37-16-11-17-38(30-37)48(2,3)4)42-29-21-32-18-26-39-41(28-20-31-19-27-40(42)44(32)43(31)39)46(34-12-7-5-8-13-34)35-14-9-6-10-15-35;1-48(2,3)38-16-10-15-37(29-38)47(35-13-8-5-9-14-35)42-28-22-33-19-25-39-41(27-21-32-20-26-40(42)44(33)43(32)39)46(34-11-6-4-7-12-34)36-23-17-31(30-45)18-24-36/h5-28H,2-4H3;5-30H,2-4H3;4-29H,1-3H3. The van der Waals surface area contributed by atoms with Crippen molar-refractivity contribution in [1.82, 2.24) is 0 Å². The molecule has 0 spiro atoms. The largest absolute Gasteiger partial charge is 0.318 e. The highest BCUT2D eigenvalue weighted by atomic mass is 28.3. The molecule has 706 valence electrons. The number of anilines is 18. The molecule has 11 nitrogen and oxygen atoms in total. The number of para-hydroxylation sites is 8. The van der Waals surface area contributed by atoms with Crippen LogP contribution in [0.5, 0.6) is 0 Å². The third kappa shape index (κ3) is 17.5. The topological polar surface area (TPSA) is 99.5 Å². The molecule has 0 saturated heterocycles. The van der Waals surface area contributed by atoms with Gasteiger partial charge in [-0.1, -0.05) is 347 Å². The lowest BCUT2D eigenvalue weighted by Crippen LogP contribution is -2.37. The maximum atomic E-state index is 10.3. The maximum Gasteiger partial charge on any atom is 0.210 e. The van der Waals surface area contributed by atoms with Gasteiger partial charge in [-0.15, -0.1) is 0 Å². The van der Waals surface area contributed by atoms with Gasteiger partial charge in [0.25, 0.3) is 0 Å². The van der Waals surface area contributed by atoms with E-state index in [-0.39, 0.29) is 0 Å². The van der Waals surface area contributed by atoms with Gasteiger partial charge in [-0.25, -0.2) is 9.69 Å². The van der Waals surface area contributed by atoms with Crippen molar-refractivity contribution in [2.24, 2.45) is 0 Å². The first-order valence-corrected chi connectivity index (χ1v) is 60.5. The quantitative estimate of drug-likeness (QED) is 0.0396. The van der Waals surface area contributed by atoms with E-state index in [1.807, 2.05) is 120 Å². The first kappa shape index (κ1) is 94.2. The zero-order valence-corrected chi connectivity index (χ0v) is 86.8. The Morgan fingerprint density at radius 2 is 0.453 bits per heavy atom. The Hall–Kier alpha value is -18.7. The lowest BCUT2D eigenvalue weighted by molar-refractivity contribution is 1.28. The van der Waals surface area contributed by atoms with E-state index in [1.54, 1.807) is 0 Å². The summed E-state index contributed by atoms with van der Waals surface area (Å²) >= 11 is 0. The minimum atomic E-state index is -1.58. The monoisotopic (exact) mass is 1950 g/mol. The molecule has 0 amide bonds. The number of hydrogen-bond donors (Lipinski definition) is 0. The van der Waals surface area contributed by atoms with E-state index in [0.29, 0.717) is 39.4 Å². The van der Waals surface area contributed by atoms with Crippen molar-refractivity contribution in [3.8, 4) is 18.2 Å². The Bertz CT molecular complexity index is 9280. The van der Waals surface area contributed by atoms with Crippen LogP contribution >= 0.6 is 0 Å². The van der Waals surface area contributed by atoms with Crippen LogP contribution in [0, 0.1) is 47.1 Å². The van der Waals surface area contributed by atoms with Crippen molar-refractivity contribution in [2.45, 2.75) is 58.9 Å². The smallest absolute Gasteiger partial charge is 0.210 e.